The van der Waals surface area contributed by atoms with E-state index in [2.05, 4.69) is 18.2 Å². The Balaban J connectivity index is 2.23. The van der Waals surface area contributed by atoms with Gasteiger partial charge in [-0.2, -0.15) is 5.26 Å². The van der Waals surface area contributed by atoms with Gasteiger partial charge in [-0.25, -0.2) is 0 Å². The predicted molar refractivity (Wildman–Crippen MR) is 44.1 cm³/mol. The number of rotatable bonds is 1. The first-order valence-corrected chi connectivity index (χ1v) is 4.54. The lowest BCUT2D eigenvalue weighted by molar-refractivity contribution is 0.417. The summed E-state index contributed by atoms with van der Waals surface area (Å²) in [6.45, 7) is 0. The van der Waals surface area contributed by atoms with Crippen LogP contribution in [-0.4, -0.2) is 5.88 Å². The maximum Gasteiger partial charge on any atom is 0.0665 e. The van der Waals surface area contributed by atoms with Crippen molar-refractivity contribution in [2.45, 2.75) is 6.42 Å². The van der Waals surface area contributed by atoms with E-state index in [-0.39, 0.29) is 5.92 Å². The molecule has 0 aromatic rings. The average molecular weight is 168 g/mol. The number of allylic oxidation sites excluding steroid dienone is 2. The molecule has 0 aliphatic heterocycles. The molecule has 1 nitrogen and oxygen atoms in total. The Morgan fingerprint density at radius 3 is 2.73 bits per heavy atom. The van der Waals surface area contributed by atoms with Crippen LogP contribution in [0.1, 0.15) is 6.42 Å². The minimum absolute atomic E-state index is 0.197. The van der Waals surface area contributed by atoms with Crippen molar-refractivity contribution < 1.29 is 0 Å². The lowest BCUT2D eigenvalue weighted by atomic mass is 9.85. The topological polar surface area (TPSA) is 23.8 Å². The van der Waals surface area contributed by atoms with Gasteiger partial charge in [-0.05, 0) is 24.2 Å². The second-order valence-corrected chi connectivity index (χ2v) is 3.73. The third kappa shape index (κ3) is 0.895. The molecular formula is C9H10ClN. The minimum Gasteiger partial charge on any atom is -0.198 e. The molecule has 2 bridgehead atoms. The fourth-order valence-electron chi connectivity index (χ4n) is 2.33. The zero-order valence-corrected chi connectivity index (χ0v) is 6.96. The van der Waals surface area contributed by atoms with Gasteiger partial charge in [0.2, 0.25) is 0 Å². The van der Waals surface area contributed by atoms with Crippen molar-refractivity contribution in [2.75, 3.05) is 5.88 Å². The van der Waals surface area contributed by atoms with E-state index in [4.69, 9.17) is 16.9 Å². The molecule has 0 unspecified atom stereocenters. The molecule has 58 valence electrons. The van der Waals surface area contributed by atoms with Crippen LogP contribution in [0.5, 0.6) is 0 Å². The van der Waals surface area contributed by atoms with Crippen LogP contribution in [0, 0.1) is 35.0 Å². The molecule has 1 fully saturated rings. The molecule has 2 aliphatic carbocycles. The molecule has 0 spiro atoms. The van der Waals surface area contributed by atoms with Gasteiger partial charge in [-0.3, -0.25) is 0 Å². The summed E-state index contributed by atoms with van der Waals surface area (Å²) < 4.78 is 0. The summed E-state index contributed by atoms with van der Waals surface area (Å²) in [6.07, 6.45) is 5.57. The predicted octanol–water partition coefficient (Wildman–Crippen LogP) is 2.19. The van der Waals surface area contributed by atoms with E-state index >= 15 is 0 Å². The van der Waals surface area contributed by atoms with Crippen molar-refractivity contribution in [2.24, 2.45) is 23.7 Å². The second-order valence-electron chi connectivity index (χ2n) is 3.42. The number of alkyl halides is 1. The van der Waals surface area contributed by atoms with Gasteiger partial charge < -0.3 is 0 Å². The van der Waals surface area contributed by atoms with E-state index in [1.165, 1.54) is 0 Å². The molecular weight excluding hydrogens is 158 g/mol. The van der Waals surface area contributed by atoms with E-state index < -0.39 is 0 Å². The third-order valence-electron chi connectivity index (χ3n) is 2.95. The average Bonchev–Trinajstić information content (AvgIpc) is 2.60. The molecule has 0 amide bonds. The van der Waals surface area contributed by atoms with Crippen LogP contribution < -0.4 is 0 Å². The Bertz CT molecular complexity index is 228. The van der Waals surface area contributed by atoms with Crippen molar-refractivity contribution in [1.29, 1.82) is 5.26 Å². The van der Waals surface area contributed by atoms with Crippen molar-refractivity contribution >= 4 is 11.6 Å². The summed E-state index contributed by atoms with van der Waals surface area (Å²) in [7, 11) is 0. The summed E-state index contributed by atoms with van der Waals surface area (Å²) in [5.74, 6) is 2.37. The van der Waals surface area contributed by atoms with E-state index in [0.29, 0.717) is 23.6 Å². The van der Waals surface area contributed by atoms with Crippen molar-refractivity contribution in [3.05, 3.63) is 12.2 Å². The molecule has 11 heavy (non-hydrogen) atoms. The number of halogens is 1. The zero-order valence-electron chi connectivity index (χ0n) is 6.20. The smallest absolute Gasteiger partial charge is 0.0665 e. The molecule has 0 radical (unpaired) electrons. The van der Waals surface area contributed by atoms with E-state index in [0.717, 1.165) is 6.42 Å². The Morgan fingerprint density at radius 1 is 1.45 bits per heavy atom. The summed E-state index contributed by atoms with van der Waals surface area (Å²) >= 11 is 5.79. The van der Waals surface area contributed by atoms with Gasteiger partial charge in [0, 0.05) is 5.88 Å². The Morgan fingerprint density at radius 2 is 2.18 bits per heavy atom. The normalized spacial score (nSPS) is 46.2. The van der Waals surface area contributed by atoms with Crippen molar-refractivity contribution in [1.82, 2.24) is 0 Å². The second kappa shape index (κ2) is 2.53. The standard InChI is InChI=1S/C9H10ClN/c10-4-8-6-1-2-7(3-6)9(8)5-11/h1-2,6-9H,3-4H2/t6-,7+,8+,9+/m0/s1. The van der Waals surface area contributed by atoms with Crippen LogP contribution in [0.4, 0.5) is 0 Å². The van der Waals surface area contributed by atoms with Crippen LogP contribution in [-0.2, 0) is 0 Å². The molecule has 2 aliphatic rings. The Labute approximate surface area is 71.7 Å². The highest BCUT2D eigenvalue weighted by Gasteiger charge is 2.43. The van der Waals surface area contributed by atoms with Gasteiger partial charge in [0.1, 0.15) is 0 Å². The van der Waals surface area contributed by atoms with Gasteiger partial charge in [-0.1, -0.05) is 12.2 Å². The van der Waals surface area contributed by atoms with Crippen LogP contribution in [0.15, 0.2) is 12.2 Å². The van der Waals surface area contributed by atoms with Gasteiger partial charge in [-0.15, -0.1) is 11.6 Å². The lowest BCUT2D eigenvalue weighted by Crippen LogP contribution is -2.19. The number of hydrogen-bond acceptors (Lipinski definition) is 1. The first-order valence-electron chi connectivity index (χ1n) is 4.00. The Hall–Kier alpha value is -0.480. The van der Waals surface area contributed by atoms with E-state index in [1.807, 2.05) is 0 Å². The molecule has 4 atom stereocenters. The van der Waals surface area contributed by atoms with E-state index in [9.17, 15) is 0 Å². The summed E-state index contributed by atoms with van der Waals surface area (Å²) in [5.41, 5.74) is 0. The quantitative estimate of drug-likeness (QED) is 0.434. The number of nitriles is 1. The van der Waals surface area contributed by atoms with Crippen LogP contribution in [0.3, 0.4) is 0 Å². The SMILES string of the molecule is N#C[C@H]1[C@H](CCl)[C@H]2C=C[C@@H]1C2. The monoisotopic (exact) mass is 167 g/mol. The van der Waals surface area contributed by atoms with Crippen molar-refractivity contribution in [3.63, 3.8) is 0 Å². The minimum atomic E-state index is 0.197. The molecule has 0 heterocycles. The highest BCUT2D eigenvalue weighted by Crippen LogP contribution is 2.47. The molecule has 1 saturated carbocycles. The fraction of sp³-hybridized carbons (Fsp3) is 0.667. The zero-order chi connectivity index (χ0) is 7.84. The first-order chi connectivity index (χ1) is 5.36. The maximum atomic E-state index is 8.85. The number of fused-ring (bicyclic) bond motifs is 2. The molecule has 0 N–H and O–H groups in total. The summed E-state index contributed by atoms with van der Waals surface area (Å²) in [5, 5.41) is 8.85. The largest absolute Gasteiger partial charge is 0.198 e. The van der Waals surface area contributed by atoms with Crippen molar-refractivity contribution in [3.8, 4) is 6.07 Å². The number of nitrogens with zero attached hydrogens (tertiary/aromatic N) is 1. The molecule has 0 aromatic heterocycles. The number of hydrogen-bond donors (Lipinski definition) is 0. The van der Waals surface area contributed by atoms with Gasteiger partial charge in [0.05, 0.1) is 12.0 Å². The maximum absolute atomic E-state index is 8.85. The molecule has 2 heteroatoms. The molecule has 0 saturated heterocycles. The summed E-state index contributed by atoms with van der Waals surface area (Å²) in [4.78, 5) is 0. The van der Waals surface area contributed by atoms with Gasteiger partial charge in [0.25, 0.3) is 0 Å². The van der Waals surface area contributed by atoms with Crippen LogP contribution in [0.25, 0.3) is 0 Å². The van der Waals surface area contributed by atoms with Crippen LogP contribution >= 0.6 is 11.6 Å². The van der Waals surface area contributed by atoms with Crippen LogP contribution in [0.2, 0.25) is 0 Å². The first kappa shape index (κ1) is 7.18. The van der Waals surface area contributed by atoms with Gasteiger partial charge >= 0.3 is 0 Å². The fourth-order valence-corrected chi connectivity index (χ4v) is 2.75. The molecule has 0 aromatic carbocycles. The summed E-state index contributed by atoms with van der Waals surface area (Å²) in [6, 6.07) is 2.36. The highest BCUT2D eigenvalue weighted by atomic mass is 35.5. The molecule has 2 rings (SSSR count). The highest BCUT2D eigenvalue weighted by molar-refractivity contribution is 6.18. The van der Waals surface area contributed by atoms with Gasteiger partial charge in [0.15, 0.2) is 0 Å². The Kier molecular flexibility index (Phi) is 1.65. The van der Waals surface area contributed by atoms with E-state index in [1.54, 1.807) is 0 Å². The lowest BCUT2D eigenvalue weighted by Gasteiger charge is -2.19. The third-order valence-corrected chi connectivity index (χ3v) is 3.31.